The van der Waals surface area contributed by atoms with Crippen LogP contribution in [0.2, 0.25) is 0 Å². The van der Waals surface area contributed by atoms with Gasteiger partial charge in [-0.1, -0.05) is 48.6 Å². The van der Waals surface area contributed by atoms with Crippen LogP contribution in [0.3, 0.4) is 0 Å². The monoisotopic (exact) mass is 358 g/mol. The summed E-state index contributed by atoms with van der Waals surface area (Å²) in [7, 11) is 0. The van der Waals surface area contributed by atoms with E-state index in [1.807, 2.05) is 60.7 Å². The van der Waals surface area contributed by atoms with Crippen molar-refractivity contribution in [1.82, 2.24) is 5.32 Å². The zero-order valence-corrected chi connectivity index (χ0v) is 15.0. The highest BCUT2D eigenvalue weighted by molar-refractivity contribution is 7.80. The molecule has 0 atom stereocenters. The van der Waals surface area contributed by atoms with Gasteiger partial charge in [0.15, 0.2) is 0 Å². The molecule has 0 aliphatic rings. The summed E-state index contributed by atoms with van der Waals surface area (Å²) in [5.41, 5.74) is 4.77. The fourth-order valence-corrected chi connectivity index (χ4v) is 2.70. The third-order valence-corrected chi connectivity index (χ3v) is 4.25. The van der Waals surface area contributed by atoms with E-state index < -0.39 is 0 Å². The third-order valence-electron chi connectivity index (χ3n) is 3.92. The maximum atomic E-state index is 12.2. The summed E-state index contributed by atoms with van der Waals surface area (Å²) in [6, 6.07) is 22.4. The first kappa shape index (κ1) is 17.8. The van der Waals surface area contributed by atoms with Crippen LogP contribution in [0.5, 0.6) is 0 Å². The van der Waals surface area contributed by atoms with Crippen molar-refractivity contribution in [3.63, 3.8) is 0 Å². The summed E-state index contributed by atoms with van der Waals surface area (Å²) in [4.78, 5) is 12.6. The predicted octanol–water partition coefficient (Wildman–Crippen LogP) is 4.90. The summed E-state index contributed by atoms with van der Waals surface area (Å²) in [6.45, 7) is 8.07. The number of carbonyl (C=O) groups is 1. The van der Waals surface area contributed by atoms with E-state index >= 15 is 0 Å². The number of anilines is 2. The molecule has 3 nitrogen and oxygen atoms in total. The van der Waals surface area contributed by atoms with Crippen LogP contribution >= 0.6 is 12.2 Å². The number of hydrogen-bond donors (Lipinski definition) is 2. The van der Waals surface area contributed by atoms with Gasteiger partial charge in [-0.2, -0.15) is 0 Å². The summed E-state index contributed by atoms with van der Waals surface area (Å²) in [5.74, 6) is -0.227. The Morgan fingerprint density at radius 1 is 0.769 bits per heavy atom. The Morgan fingerprint density at radius 3 is 2.12 bits per heavy atom. The highest BCUT2D eigenvalue weighted by atomic mass is 32.1. The van der Waals surface area contributed by atoms with Crippen molar-refractivity contribution < 1.29 is 4.79 Å². The first-order chi connectivity index (χ1) is 12.5. The number of para-hydroxylation sites is 1. The lowest BCUT2D eigenvalue weighted by atomic mass is 10.1. The molecule has 3 aromatic rings. The average molecular weight is 358 g/mol. The Balaban J connectivity index is 1.74. The molecule has 0 aliphatic heterocycles. The Morgan fingerprint density at radius 2 is 1.42 bits per heavy atom. The SMILES string of the molecule is [CH2]c1ccccc1Nc1ccc(C(=S)NC(=O)c2ccccc2)cc1[CH2]. The Labute approximate surface area is 159 Å². The molecule has 0 fully saturated rings. The fourth-order valence-electron chi connectivity index (χ4n) is 2.48. The van der Waals surface area contributed by atoms with Crippen molar-refractivity contribution >= 4 is 34.5 Å². The van der Waals surface area contributed by atoms with Crippen molar-refractivity contribution in [3.8, 4) is 0 Å². The van der Waals surface area contributed by atoms with Crippen LogP contribution in [0, 0.1) is 13.8 Å². The molecular formula is C22H18N2OS. The predicted molar refractivity (Wildman–Crippen MR) is 111 cm³/mol. The molecule has 0 spiro atoms. The molecular weight excluding hydrogens is 340 g/mol. The second-order valence-corrected chi connectivity index (χ2v) is 6.21. The van der Waals surface area contributed by atoms with Crippen molar-refractivity contribution in [1.29, 1.82) is 0 Å². The number of benzene rings is 3. The van der Waals surface area contributed by atoms with E-state index in [2.05, 4.69) is 24.5 Å². The second kappa shape index (κ2) is 7.93. The molecule has 0 heterocycles. The first-order valence-corrected chi connectivity index (χ1v) is 8.50. The highest BCUT2D eigenvalue weighted by Gasteiger charge is 2.10. The smallest absolute Gasteiger partial charge is 0.256 e. The van der Waals surface area contributed by atoms with Gasteiger partial charge in [0.2, 0.25) is 0 Å². The molecule has 0 saturated carbocycles. The lowest BCUT2D eigenvalue weighted by Crippen LogP contribution is -2.29. The minimum atomic E-state index is -0.227. The van der Waals surface area contributed by atoms with Gasteiger partial charge in [-0.3, -0.25) is 4.79 Å². The van der Waals surface area contributed by atoms with Gasteiger partial charge < -0.3 is 10.6 Å². The van der Waals surface area contributed by atoms with E-state index in [9.17, 15) is 4.79 Å². The summed E-state index contributed by atoms with van der Waals surface area (Å²) in [6.07, 6.45) is 0. The van der Waals surface area contributed by atoms with Crippen LogP contribution in [-0.4, -0.2) is 10.9 Å². The number of thiocarbonyl (C=S) groups is 1. The van der Waals surface area contributed by atoms with Crippen LogP contribution in [0.4, 0.5) is 11.4 Å². The summed E-state index contributed by atoms with van der Waals surface area (Å²) < 4.78 is 0. The molecule has 3 aromatic carbocycles. The van der Waals surface area contributed by atoms with Crippen molar-refractivity contribution in [3.05, 3.63) is 109 Å². The third kappa shape index (κ3) is 4.16. The maximum absolute atomic E-state index is 12.2. The quantitative estimate of drug-likeness (QED) is 0.652. The van der Waals surface area contributed by atoms with Crippen LogP contribution in [0.25, 0.3) is 0 Å². The highest BCUT2D eigenvalue weighted by Crippen LogP contribution is 2.24. The number of hydrogen-bond acceptors (Lipinski definition) is 3. The Kier molecular flexibility index (Phi) is 5.44. The summed E-state index contributed by atoms with van der Waals surface area (Å²) >= 11 is 5.36. The molecule has 0 saturated heterocycles. The molecule has 2 radical (unpaired) electrons. The van der Waals surface area contributed by atoms with Crippen molar-refractivity contribution in [2.75, 3.05) is 5.32 Å². The first-order valence-electron chi connectivity index (χ1n) is 8.09. The van der Waals surface area contributed by atoms with E-state index in [0.717, 1.165) is 28.1 Å². The Bertz CT molecular complexity index is 951. The van der Waals surface area contributed by atoms with E-state index in [-0.39, 0.29) is 5.91 Å². The molecule has 0 aliphatic carbocycles. The number of amides is 1. The van der Waals surface area contributed by atoms with Gasteiger partial charge in [0.25, 0.3) is 5.91 Å². The van der Waals surface area contributed by atoms with Crippen molar-refractivity contribution in [2.45, 2.75) is 0 Å². The summed E-state index contributed by atoms with van der Waals surface area (Å²) in [5, 5.41) is 6.07. The van der Waals surface area contributed by atoms with Gasteiger partial charge in [-0.05, 0) is 61.4 Å². The lowest BCUT2D eigenvalue weighted by molar-refractivity contribution is 0.0978. The zero-order valence-electron chi connectivity index (χ0n) is 14.2. The molecule has 3 rings (SSSR count). The average Bonchev–Trinajstić information content (AvgIpc) is 2.65. The van der Waals surface area contributed by atoms with E-state index in [1.54, 1.807) is 12.1 Å². The van der Waals surface area contributed by atoms with Gasteiger partial charge in [0.1, 0.15) is 4.99 Å². The van der Waals surface area contributed by atoms with E-state index in [4.69, 9.17) is 12.2 Å². The number of rotatable bonds is 4. The van der Waals surface area contributed by atoms with Gasteiger partial charge in [0, 0.05) is 22.5 Å². The largest absolute Gasteiger partial charge is 0.355 e. The standard InChI is InChI=1S/C22H18N2OS/c1-15-8-6-7-11-19(15)23-20-13-12-18(14-16(20)2)22(26)24-21(25)17-9-4-3-5-10-17/h3-14,23H,1-2H2,(H,24,25,26). The van der Waals surface area contributed by atoms with Crippen LogP contribution in [-0.2, 0) is 0 Å². The molecule has 2 N–H and O–H groups in total. The normalized spacial score (nSPS) is 10.2. The molecule has 128 valence electrons. The molecule has 1 amide bonds. The van der Waals surface area contributed by atoms with Gasteiger partial charge in [-0.15, -0.1) is 0 Å². The number of carbonyl (C=O) groups excluding carboxylic acids is 1. The van der Waals surface area contributed by atoms with Gasteiger partial charge in [-0.25, -0.2) is 0 Å². The second-order valence-electron chi connectivity index (χ2n) is 5.80. The zero-order chi connectivity index (χ0) is 18.5. The van der Waals surface area contributed by atoms with Crippen molar-refractivity contribution in [2.24, 2.45) is 0 Å². The molecule has 0 unspecified atom stereocenters. The van der Waals surface area contributed by atoms with Crippen LogP contribution in [0.1, 0.15) is 27.0 Å². The lowest BCUT2D eigenvalue weighted by Gasteiger charge is -2.14. The topological polar surface area (TPSA) is 41.1 Å². The minimum absolute atomic E-state index is 0.227. The van der Waals surface area contributed by atoms with Gasteiger partial charge >= 0.3 is 0 Å². The molecule has 0 aromatic heterocycles. The molecule has 26 heavy (non-hydrogen) atoms. The number of nitrogens with one attached hydrogen (secondary N) is 2. The minimum Gasteiger partial charge on any atom is -0.355 e. The molecule has 4 heteroatoms. The maximum Gasteiger partial charge on any atom is 0.256 e. The fraction of sp³-hybridized carbons (Fsp3) is 0. The molecule has 0 bridgehead atoms. The van der Waals surface area contributed by atoms with E-state index in [1.165, 1.54) is 0 Å². The van der Waals surface area contributed by atoms with Crippen LogP contribution < -0.4 is 10.6 Å². The van der Waals surface area contributed by atoms with E-state index in [0.29, 0.717) is 10.6 Å². The Hall–Kier alpha value is -2.98. The van der Waals surface area contributed by atoms with Gasteiger partial charge in [0.05, 0.1) is 0 Å². The van der Waals surface area contributed by atoms with Crippen LogP contribution in [0.15, 0.2) is 72.8 Å².